The van der Waals surface area contributed by atoms with Crippen LogP contribution in [0.3, 0.4) is 0 Å². The molecule has 1 fully saturated rings. The van der Waals surface area contributed by atoms with E-state index in [9.17, 15) is 36.0 Å². The summed E-state index contributed by atoms with van der Waals surface area (Å²) >= 11 is 0. The monoisotopic (exact) mass is 633 g/mol. The number of carbonyl (C=O) groups is 3. The van der Waals surface area contributed by atoms with E-state index >= 15 is 0 Å². The summed E-state index contributed by atoms with van der Waals surface area (Å²) in [6.45, 7) is 4.14. The molecular weight excluding hydrogens is 603 g/mol. The normalized spacial score (nSPS) is 14.2. The molecule has 1 amide bonds. The predicted molar refractivity (Wildman–Crippen MR) is 156 cm³/mol. The van der Waals surface area contributed by atoms with Gasteiger partial charge < -0.3 is 15.1 Å². The van der Waals surface area contributed by atoms with E-state index in [-0.39, 0.29) is 54.5 Å². The van der Waals surface area contributed by atoms with Gasteiger partial charge in [0, 0.05) is 38.1 Å². The first-order valence-corrected chi connectivity index (χ1v) is 14.8. The summed E-state index contributed by atoms with van der Waals surface area (Å²) < 4.78 is 64.3. The van der Waals surface area contributed by atoms with Gasteiger partial charge in [0.25, 0.3) is 5.91 Å². The number of pyridine rings is 1. The van der Waals surface area contributed by atoms with Crippen molar-refractivity contribution >= 4 is 33.9 Å². The summed E-state index contributed by atoms with van der Waals surface area (Å²) in [6, 6.07) is 12.0. The van der Waals surface area contributed by atoms with Crippen LogP contribution < -0.4 is 0 Å². The number of aromatic carboxylic acids is 2. The molecule has 0 atom stereocenters. The molecule has 1 aliphatic rings. The van der Waals surface area contributed by atoms with Gasteiger partial charge in [0.15, 0.2) is 0 Å². The molecule has 0 radical (unpaired) electrons. The van der Waals surface area contributed by atoms with Crippen LogP contribution in [0.5, 0.6) is 0 Å². The van der Waals surface area contributed by atoms with Crippen LogP contribution in [0.25, 0.3) is 6.08 Å². The number of carboxylic acid groups (broad SMARTS) is 2. The fraction of sp³-hybridized carbons (Fsp3) is 0.267. The van der Waals surface area contributed by atoms with Crippen LogP contribution >= 0.6 is 0 Å². The highest BCUT2D eigenvalue weighted by Crippen LogP contribution is 2.29. The molecule has 4 rings (SSSR count). The van der Waals surface area contributed by atoms with E-state index in [4.69, 9.17) is 10.2 Å². The van der Waals surface area contributed by atoms with E-state index in [1.165, 1.54) is 53.7 Å². The van der Waals surface area contributed by atoms with Gasteiger partial charge in [-0.1, -0.05) is 30.4 Å². The van der Waals surface area contributed by atoms with Crippen LogP contribution in [0.4, 0.5) is 13.2 Å². The Morgan fingerprint density at radius 2 is 1.41 bits per heavy atom. The maximum Gasteiger partial charge on any atom is 0.416 e. The number of benzene rings is 2. The number of amides is 1. The Balaban J connectivity index is 0.000000340. The van der Waals surface area contributed by atoms with Crippen LogP contribution in [0, 0.1) is 13.8 Å². The Labute approximate surface area is 252 Å². The Kier molecular flexibility index (Phi) is 11.0. The first-order chi connectivity index (χ1) is 20.6. The number of nitrogens with zero attached hydrogens (tertiary/aromatic N) is 3. The predicted octanol–water partition coefficient (Wildman–Crippen LogP) is 4.60. The Morgan fingerprint density at radius 3 is 1.91 bits per heavy atom. The number of hydrogen-bond acceptors (Lipinski definition) is 6. The number of carboxylic acids is 2. The maximum atomic E-state index is 12.6. The Bertz CT molecular complexity index is 1620. The molecule has 1 aliphatic heterocycles. The molecule has 234 valence electrons. The van der Waals surface area contributed by atoms with Crippen molar-refractivity contribution < 1.29 is 46.2 Å². The molecule has 2 aromatic carbocycles. The smallest absolute Gasteiger partial charge is 0.416 e. The van der Waals surface area contributed by atoms with E-state index in [2.05, 4.69) is 4.98 Å². The Hall–Kier alpha value is -4.56. The van der Waals surface area contributed by atoms with Gasteiger partial charge in [0.2, 0.25) is 10.0 Å². The molecular formula is C30H30F3N3O7S. The molecule has 44 heavy (non-hydrogen) atoms. The third-order valence-electron chi connectivity index (χ3n) is 6.81. The van der Waals surface area contributed by atoms with Gasteiger partial charge >= 0.3 is 18.1 Å². The van der Waals surface area contributed by atoms with E-state index in [0.29, 0.717) is 16.8 Å². The number of aryl methyl sites for hydroxylation is 1. The van der Waals surface area contributed by atoms with Crippen LogP contribution in [0.1, 0.15) is 53.5 Å². The number of rotatable bonds is 7. The van der Waals surface area contributed by atoms with Gasteiger partial charge in [-0.25, -0.2) is 18.0 Å². The summed E-state index contributed by atoms with van der Waals surface area (Å²) in [5, 5.41) is 17.4. The van der Waals surface area contributed by atoms with Gasteiger partial charge in [-0.3, -0.25) is 9.78 Å². The summed E-state index contributed by atoms with van der Waals surface area (Å²) in [5.41, 5.74) is 1.17. The molecule has 0 saturated carbocycles. The van der Waals surface area contributed by atoms with Gasteiger partial charge in [-0.05, 0) is 61.4 Å². The van der Waals surface area contributed by atoms with E-state index in [1.807, 2.05) is 0 Å². The molecule has 0 unspecified atom stereocenters. The number of alkyl halides is 3. The standard InChI is InChI=1S/C21H22F3N3O3S.C9H8O4/c1-16-19(5-2-10-25-16)20(28)26-11-13-27(14-12-26)31(29,30)15-3-4-17-6-8-18(9-7-17)21(22,23)24;1-5-6(8(10)11)3-2-4-7(5)9(12)13/h2-10H,11-15H2,1H3;2-4H,1H3,(H,10,11)(H,12,13). The van der Waals surface area contributed by atoms with Gasteiger partial charge in [0.1, 0.15) is 0 Å². The zero-order valence-corrected chi connectivity index (χ0v) is 24.6. The lowest BCUT2D eigenvalue weighted by atomic mass is 10.0. The number of aromatic nitrogens is 1. The fourth-order valence-electron chi connectivity index (χ4n) is 4.34. The van der Waals surface area contributed by atoms with E-state index in [0.717, 1.165) is 12.1 Å². The summed E-state index contributed by atoms with van der Waals surface area (Å²) in [7, 11) is -3.59. The van der Waals surface area contributed by atoms with Gasteiger partial charge in [-0.2, -0.15) is 17.5 Å². The van der Waals surface area contributed by atoms with Crippen molar-refractivity contribution in [3.05, 3.63) is 106 Å². The highest BCUT2D eigenvalue weighted by atomic mass is 32.2. The third kappa shape index (κ3) is 8.74. The van der Waals surface area contributed by atoms with Crippen molar-refractivity contribution in [2.75, 3.05) is 31.9 Å². The van der Waals surface area contributed by atoms with Crippen molar-refractivity contribution in [2.24, 2.45) is 0 Å². The van der Waals surface area contributed by atoms with Crippen molar-refractivity contribution in [3.8, 4) is 0 Å². The minimum atomic E-state index is -4.41. The molecule has 0 aliphatic carbocycles. The molecule has 0 bridgehead atoms. The van der Waals surface area contributed by atoms with Crippen LogP contribution in [0.2, 0.25) is 0 Å². The zero-order valence-electron chi connectivity index (χ0n) is 23.8. The first-order valence-electron chi connectivity index (χ1n) is 13.2. The molecule has 14 heteroatoms. The first kappa shape index (κ1) is 33.9. The van der Waals surface area contributed by atoms with Crippen molar-refractivity contribution in [2.45, 2.75) is 20.0 Å². The largest absolute Gasteiger partial charge is 0.478 e. The molecule has 3 aromatic rings. The SMILES string of the molecule is Cc1c(C(=O)O)cccc1C(=O)O.Cc1ncccc1C(=O)N1CCN(S(=O)(=O)CC=Cc2ccc(C(F)(F)F)cc2)CC1. The van der Waals surface area contributed by atoms with Crippen LogP contribution in [-0.2, 0) is 16.2 Å². The van der Waals surface area contributed by atoms with Gasteiger partial charge in [-0.15, -0.1) is 0 Å². The summed E-state index contributed by atoms with van der Waals surface area (Å²) in [4.78, 5) is 39.5. The second kappa shape index (κ2) is 14.3. The van der Waals surface area contributed by atoms with Crippen LogP contribution in [0.15, 0.2) is 66.9 Å². The Morgan fingerprint density at radius 1 is 0.864 bits per heavy atom. The summed E-state index contributed by atoms with van der Waals surface area (Å²) in [6.07, 6.45) is 0.0801. The minimum absolute atomic E-state index is 0.0277. The molecule has 0 spiro atoms. The second-order valence-corrected chi connectivity index (χ2v) is 11.7. The molecule has 1 saturated heterocycles. The number of sulfonamides is 1. The number of halogens is 3. The third-order valence-corrected chi connectivity index (χ3v) is 8.57. The fourth-order valence-corrected chi connectivity index (χ4v) is 5.61. The van der Waals surface area contributed by atoms with E-state index in [1.54, 1.807) is 30.2 Å². The number of carbonyl (C=O) groups excluding carboxylic acids is 1. The molecule has 10 nitrogen and oxygen atoms in total. The molecule has 2 N–H and O–H groups in total. The van der Waals surface area contributed by atoms with Crippen molar-refractivity contribution in [3.63, 3.8) is 0 Å². The summed E-state index contributed by atoms with van der Waals surface area (Å²) in [5.74, 6) is -2.67. The lowest BCUT2D eigenvalue weighted by Crippen LogP contribution is -2.51. The minimum Gasteiger partial charge on any atom is -0.478 e. The topological polar surface area (TPSA) is 145 Å². The number of hydrogen-bond donors (Lipinski definition) is 2. The van der Waals surface area contributed by atoms with E-state index < -0.39 is 33.7 Å². The number of piperazine rings is 1. The quantitative estimate of drug-likeness (QED) is 0.384. The molecule has 2 heterocycles. The molecule has 1 aromatic heterocycles. The van der Waals surface area contributed by atoms with Crippen molar-refractivity contribution in [1.29, 1.82) is 0 Å². The lowest BCUT2D eigenvalue weighted by Gasteiger charge is -2.34. The average Bonchev–Trinajstić information content (AvgIpc) is 2.97. The van der Waals surface area contributed by atoms with Crippen molar-refractivity contribution in [1.82, 2.24) is 14.2 Å². The average molecular weight is 634 g/mol. The second-order valence-electron chi connectivity index (χ2n) is 9.72. The highest BCUT2D eigenvalue weighted by molar-refractivity contribution is 7.89. The highest BCUT2D eigenvalue weighted by Gasteiger charge is 2.30. The van der Waals surface area contributed by atoms with Crippen LogP contribution in [-0.4, -0.2) is 82.6 Å². The zero-order chi connectivity index (χ0) is 32.7. The maximum absolute atomic E-state index is 12.6. The van der Waals surface area contributed by atoms with Gasteiger partial charge in [0.05, 0.1) is 28.0 Å². The lowest BCUT2D eigenvalue weighted by molar-refractivity contribution is -0.137.